The van der Waals surface area contributed by atoms with Crippen molar-refractivity contribution in [1.29, 1.82) is 0 Å². The van der Waals surface area contributed by atoms with Crippen LogP contribution in [0.25, 0.3) is 0 Å². The highest BCUT2D eigenvalue weighted by molar-refractivity contribution is 8.01. The number of nitrogens with zero attached hydrogens (tertiary/aromatic N) is 1. The molecule has 7 heteroatoms. The monoisotopic (exact) mass is 270 g/mol. The van der Waals surface area contributed by atoms with Gasteiger partial charge in [-0.15, -0.1) is 11.3 Å². The molecule has 1 aromatic heterocycles. The molecule has 0 radical (unpaired) electrons. The number of thioether (sulfide) groups is 1. The lowest BCUT2D eigenvalue weighted by Crippen LogP contribution is -2.42. The van der Waals surface area contributed by atoms with Gasteiger partial charge in [0.05, 0.1) is 0 Å². The molecule has 92 valence electrons. The Bertz CT molecular complexity index is 338. The second kappa shape index (κ2) is 5.37. The van der Waals surface area contributed by atoms with Crippen molar-refractivity contribution in [2.45, 2.75) is 42.1 Å². The molecule has 0 saturated heterocycles. The van der Waals surface area contributed by atoms with Crippen molar-refractivity contribution in [2.75, 3.05) is 0 Å². The maximum atomic E-state index is 12.7. The molecule has 2 unspecified atom stereocenters. The van der Waals surface area contributed by atoms with Gasteiger partial charge in [0.1, 0.15) is 5.25 Å². The molecule has 0 bridgehead atoms. The van der Waals surface area contributed by atoms with E-state index in [0.29, 0.717) is 22.5 Å². The van der Waals surface area contributed by atoms with E-state index >= 15 is 0 Å². The smallest absolute Gasteiger partial charge is 0.326 e. The van der Waals surface area contributed by atoms with Crippen molar-refractivity contribution in [1.82, 2.24) is 4.98 Å². The summed E-state index contributed by atoms with van der Waals surface area (Å²) in [5, 5.41) is 0.149. The van der Waals surface area contributed by atoms with Crippen molar-refractivity contribution in [3.63, 3.8) is 0 Å². The van der Waals surface area contributed by atoms with Crippen LogP contribution in [0, 0.1) is 6.92 Å². The molecule has 1 rings (SSSR count). The molecule has 0 aromatic carbocycles. The normalized spacial score (nSPS) is 16.1. The van der Waals surface area contributed by atoms with Gasteiger partial charge in [-0.25, -0.2) is 4.98 Å². The van der Waals surface area contributed by atoms with Crippen LogP contribution in [0.1, 0.15) is 19.0 Å². The van der Waals surface area contributed by atoms with Gasteiger partial charge in [-0.2, -0.15) is 13.2 Å². The molecular formula is C9H13F3N2S2. The van der Waals surface area contributed by atoms with Gasteiger partial charge >= 0.3 is 6.18 Å². The summed E-state index contributed by atoms with van der Waals surface area (Å²) in [4.78, 5) is 4.01. The van der Waals surface area contributed by atoms with Gasteiger partial charge in [0.25, 0.3) is 0 Å². The molecule has 0 saturated carbocycles. The number of rotatable bonds is 4. The number of nitrogens with two attached hydrogens (primary N) is 1. The Labute approximate surface area is 100 Å². The molecule has 2 atom stereocenters. The van der Waals surface area contributed by atoms with Gasteiger partial charge < -0.3 is 5.73 Å². The number of aryl methyl sites for hydroxylation is 1. The third-order valence-corrected chi connectivity index (χ3v) is 4.50. The molecule has 0 aliphatic heterocycles. The van der Waals surface area contributed by atoms with E-state index in [0.717, 1.165) is 5.69 Å². The van der Waals surface area contributed by atoms with E-state index in [1.165, 1.54) is 11.3 Å². The Kier molecular flexibility index (Phi) is 4.63. The molecule has 1 aromatic rings. The maximum Gasteiger partial charge on any atom is 0.402 e. The summed E-state index contributed by atoms with van der Waals surface area (Å²) < 4.78 is 38.6. The summed E-state index contributed by atoms with van der Waals surface area (Å²) in [5.74, 6) is 0. The first kappa shape index (κ1) is 13.8. The van der Waals surface area contributed by atoms with Crippen molar-refractivity contribution < 1.29 is 13.2 Å². The number of hydrogen-bond acceptors (Lipinski definition) is 4. The largest absolute Gasteiger partial charge is 0.402 e. The lowest BCUT2D eigenvalue weighted by atomic mass is 10.1. The zero-order valence-corrected chi connectivity index (χ0v) is 10.5. The third-order valence-electron chi connectivity index (χ3n) is 2.01. The molecule has 1 heterocycles. The van der Waals surface area contributed by atoms with Crippen LogP contribution in [0.3, 0.4) is 0 Å². The van der Waals surface area contributed by atoms with Crippen LogP contribution in [0.5, 0.6) is 0 Å². The summed E-state index contributed by atoms with van der Waals surface area (Å²) in [7, 11) is 0. The fraction of sp³-hybridized carbons (Fsp3) is 0.667. The van der Waals surface area contributed by atoms with Crippen LogP contribution in [-0.4, -0.2) is 22.5 Å². The average Bonchev–Trinajstić information content (AvgIpc) is 2.57. The lowest BCUT2D eigenvalue weighted by Gasteiger charge is -2.23. The van der Waals surface area contributed by atoms with Crippen LogP contribution in [-0.2, 0) is 0 Å². The molecule has 0 spiro atoms. The van der Waals surface area contributed by atoms with Gasteiger partial charge in [-0.3, -0.25) is 0 Å². The van der Waals surface area contributed by atoms with E-state index in [4.69, 9.17) is 5.73 Å². The van der Waals surface area contributed by atoms with Gasteiger partial charge in [-0.05, 0) is 13.3 Å². The SMILES string of the molecule is CCC(N)C(Sc1nc(C)cs1)C(F)(F)F. The van der Waals surface area contributed by atoms with Crippen molar-refractivity contribution in [3.8, 4) is 0 Å². The van der Waals surface area contributed by atoms with Crippen LogP contribution in [0.4, 0.5) is 13.2 Å². The van der Waals surface area contributed by atoms with Gasteiger partial charge in [0, 0.05) is 17.1 Å². The minimum atomic E-state index is -4.29. The first-order valence-corrected chi connectivity index (χ1v) is 6.51. The number of hydrogen-bond donors (Lipinski definition) is 1. The summed E-state index contributed by atoms with van der Waals surface area (Å²) >= 11 is 1.92. The van der Waals surface area contributed by atoms with Crippen molar-refractivity contribution >= 4 is 23.1 Å². The number of alkyl halides is 3. The summed E-state index contributed by atoms with van der Waals surface area (Å²) in [5.41, 5.74) is 6.23. The highest BCUT2D eigenvalue weighted by atomic mass is 32.2. The molecule has 16 heavy (non-hydrogen) atoms. The first-order chi connectivity index (χ1) is 7.34. The van der Waals surface area contributed by atoms with Crippen molar-refractivity contribution in [3.05, 3.63) is 11.1 Å². The molecule has 0 aliphatic rings. The Morgan fingerprint density at radius 3 is 2.56 bits per heavy atom. The van der Waals surface area contributed by atoms with E-state index in [1.807, 2.05) is 0 Å². The number of halogens is 3. The fourth-order valence-corrected chi connectivity index (χ4v) is 3.22. The van der Waals surface area contributed by atoms with E-state index in [9.17, 15) is 13.2 Å². The minimum Gasteiger partial charge on any atom is -0.326 e. The zero-order chi connectivity index (χ0) is 12.3. The second-order valence-electron chi connectivity index (χ2n) is 3.41. The Balaban J connectivity index is 2.79. The van der Waals surface area contributed by atoms with Crippen LogP contribution in [0.2, 0.25) is 0 Å². The highest BCUT2D eigenvalue weighted by Gasteiger charge is 2.44. The molecule has 0 amide bonds. The Hall–Kier alpha value is -0.270. The summed E-state index contributed by atoms with van der Waals surface area (Å²) in [6.07, 6.45) is -4.00. The van der Waals surface area contributed by atoms with E-state index in [1.54, 1.807) is 19.2 Å². The molecular weight excluding hydrogens is 257 g/mol. The van der Waals surface area contributed by atoms with Crippen LogP contribution >= 0.6 is 23.1 Å². The number of aromatic nitrogens is 1. The highest BCUT2D eigenvalue weighted by Crippen LogP contribution is 2.38. The average molecular weight is 270 g/mol. The van der Waals surface area contributed by atoms with Crippen LogP contribution in [0.15, 0.2) is 9.72 Å². The van der Waals surface area contributed by atoms with Gasteiger partial charge in [0.15, 0.2) is 4.34 Å². The van der Waals surface area contributed by atoms with Crippen molar-refractivity contribution in [2.24, 2.45) is 5.73 Å². The fourth-order valence-electron chi connectivity index (χ4n) is 1.11. The second-order valence-corrected chi connectivity index (χ2v) is 5.65. The van der Waals surface area contributed by atoms with E-state index in [2.05, 4.69) is 4.98 Å². The maximum absolute atomic E-state index is 12.7. The molecule has 0 fully saturated rings. The lowest BCUT2D eigenvalue weighted by molar-refractivity contribution is -0.132. The van der Waals surface area contributed by atoms with E-state index in [-0.39, 0.29) is 0 Å². The summed E-state index contributed by atoms with van der Waals surface area (Å²) in [6, 6.07) is -0.894. The van der Waals surface area contributed by atoms with Gasteiger partial charge in [0.2, 0.25) is 0 Å². The molecule has 2 nitrogen and oxygen atoms in total. The standard InChI is InChI=1S/C9H13F3N2S2/c1-3-6(13)7(9(10,11)12)16-8-14-5(2)4-15-8/h4,6-7H,3,13H2,1-2H3. The van der Waals surface area contributed by atoms with E-state index < -0.39 is 17.5 Å². The van der Waals surface area contributed by atoms with Gasteiger partial charge in [-0.1, -0.05) is 18.7 Å². The van der Waals surface area contributed by atoms with Crippen LogP contribution < -0.4 is 5.73 Å². The molecule has 0 aliphatic carbocycles. The first-order valence-electron chi connectivity index (χ1n) is 4.75. The Morgan fingerprint density at radius 2 is 2.19 bits per heavy atom. The third kappa shape index (κ3) is 3.64. The topological polar surface area (TPSA) is 38.9 Å². The summed E-state index contributed by atoms with van der Waals surface area (Å²) in [6.45, 7) is 3.40. The molecule has 2 N–H and O–H groups in total. The number of thiazole rings is 1. The Morgan fingerprint density at radius 1 is 1.56 bits per heavy atom. The predicted molar refractivity (Wildman–Crippen MR) is 60.8 cm³/mol. The predicted octanol–water partition coefficient (Wildman–Crippen LogP) is 3.21. The quantitative estimate of drug-likeness (QED) is 0.854. The zero-order valence-electron chi connectivity index (χ0n) is 8.91. The minimum absolute atomic E-state index is 0.293.